The molecular weight excluding hydrogens is 422 g/mol. The summed E-state index contributed by atoms with van der Waals surface area (Å²) in [5.41, 5.74) is 4.47. The smallest absolute Gasteiger partial charge is 0.224 e. The zero-order chi connectivity index (χ0) is 23.8. The Morgan fingerprint density at radius 1 is 1.06 bits per heavy atom. The number of anilines is 1. The lowest BCUT2D eigenvalue weighted by Gasteiger charge is -2.32. The minimum atomic E-state index is -0.00521. The fourth-order valence-corrected chi connectivity index (χ4v) is 4.45. The molecule has 2 heterocycles. The number of rotatable bonds is 9. The molecule has 1 fully saturated rings. The topological polar surface area (TPSA) is 61.4 Å². The highest BCUT2D eigenvalue weighted by atomic mass is 16.1. The number of hydrogen-bond acceptors (Lipinski definition) is 5. The number of hydrogen-bond donors (Lipinski definition) is 1. The van der Waals surface area contributed by atoms with Gasteiger partial charge in [0, 0.05) is 31.7 Å². The predicted octanol–water partition coefficient (Wildman–Crippen LogP) is 4.31. The van der Waals surface area contributed by atoms with Gasteiger partial charge in [0.2, 0.25) is 5.91 Å². The average molecular weight is 458 g/mol. The molecule has 1 N–H and O–H groups in total. The molecule has 0 aliphatic carbocycles. The molecule has 6 heteroatoms. The van der Waals surface area contributed by atoms with Crippen LogP contribution in [-0.4, -0.2) is 54.2 Å². The summed E-state index contributed by atoms with van der Waals surface area (Å²) in [6.45, 7) is 6.27. The second kappa shape index (κ2) is 11.7. The van der Waals surface area contributed by atoms with E-state index in [4.69, 9.17) is 0 Å². The molecule has 1 aliphatic rings. The Bertz CT molecular complexity index is 1040. The van der Waals surface area contributed by atoms with Crippen LogP contribution in [0.15, 0.2) is 66.7 Å². The normalized spacial score (nSPS) is 16.0. The summed E-state index contributed by atoms with van der Waals surface area (Å²) in [7, 11) is 2.12. The van der Waals surface area contributed by atoms with E-state index in [1.807, 2.05) is 18.2 Å². The Labute approximate surface area is 203 Å². The standard InChI is InChI=1S/C28H35N5O/c1-22-11-13-24(14-12-22)26-15-16-27(31-30-26)33-19-6-10-25(21-33)28(34)29-17-7-18-32(2)20-23-8-4-3-5-9-23/h3-5,8-9,11-16,25H,6-7,10,17-21H2,1-2H3,(H,29,34). The third kappa shape index (κ3) is 6.64. The number of nitrogens with one attached hydrogen (secondary N) is 1. The monoisotopic (exact) mass is 457 g/mol. The van der Waals surface area contributed by atoms with Crippen molar-refractivity contribution < 1.29 is 4.79 Å². The van der Waals surface area contributed by atoms with Crippen molar-refractivity contribution in [2.24, 2.45) is 5.92 Å². The molecule has 1 amide bonds. The summed E-state index contributed by atoms with van der Waals surface area (Å²) in [5.74, 6) is 0.991. The van der Waals surface area contributed by atoms with Crippen molar-refractivity contribution in [2.45, 2.75) is 32.7 Å². The van der Waals surface area contributed by atoms with Crippen molar-refractivity contribution in [2.75, 3.05) is 38.1 Å². The maximum atomic E-state index is 12.8. The summed E-state index contributed by atoms with van der Waals surface area (Å²) < 4.78 is 0. The summed E-state index contributed by atoms with van der Waals surface area (Å²) in [5, 5.41) is 12.0. The van der Waals surface area contributed by atoms with Crippen LogP contribution in [0.2, 0.25) is 0 Å². The highest BCUT2D eigenvalue weighted by Crippen LogP contribution is 2.23. The first-order valence-corrected chi connectivity index (χ1v) is 12.2. The zero-order valence-corrected chi connectivity index (χ0v) is 20.3. The number of piperidine rings is 1. The van der Waals surface area contributed by atoms with Crippen molar-refractivity contribution in [3.8, 4) is 11.3 Å². The van der Waals surface area contributed by atoms with Crippen LogP contribution >= 0.6 is 0 Å². The fraction of sp³-hybridized carbons (Fsp3) is 0.393. The van der Waals surface area contributed by atoms with Gasteiger partial charge in [-0.25, -0.2) is 0 Å². The van der Waals surface area contributed by atoms with Gasteiger partial charge in [-0.2, -0.15) is 0 Å². The van der Waals surface area contributed by atoms with Crippen LogP contribution in [-0.2, 0) is 11.3 Å². The molecule has 1 atom stereocenters. The number of benzene rings is 2. The Morgan fingerprint density at radius 3 is 2.59 bits per heavy atom. The van der Waals surface area contributed by atoms with Crippen LogP contribution in [0.25, 0.3) is 11.3 Å². The molecule has 34 heavy (non-hydrogen) atoms. The third-order valence-corrected chi connectivity index (χ3v) is 6.43. The van der Waals surface area contributed by atoms with Crippen LogP contribution in [0.1, 0.15) is 30.4 Å². The van der Waals surface area contributed by atoms with Gasteiger partial charge < -0.3 is 15.1 Å². The van der Waals surface area contributed by atoms with Crippen molar-refractivity contribution in [1.29, 1.82) is 0 Å². The molecule has 1 saturated heterocycles. The Hall–Kier alpha value is -3.25. The second-order valence-corrected chi connectivity index (χ2v) is 9.30. The van der Waals surface area contributed by atoms with Gasteiger partial charge in [-0.15, -0.1) is 10.2 Å². The van der Waals surface area contributed by atoms with Gasteiger partial charge in [0.25, 0.3) is 0 Å². The number of amides is 1. The highest BCUT2D eigenvalue weighted by molar-refractivity contribution is 5.79. The number of aryl methyl sites for hydroxylation is 1. The van der Waals surface area contributed by atoms with Crippen molar-refractivity contribution in [1.82, 2.24) is 20.4 Å². The van der Waals surface area contributed by atoms with Gasteiger partial charge in [-0.1, -0.05) is 60.2 Å². The lowest BCUT2D eigenvalue weighted by atomic mass is 9.97. The van der Waals surface area contributed by atoms with Gasteiger partial charge in [-0.05, 0) is 57.5 Å². The van der Waals surface area contributed by atoms with Crippen molar-refractivity contribution in [3.05, 3.63) is 77.9 Å². The molecule has 0 radical (unpaired) electrons. The van der Waals surface area contributed by atoms with Crippen LogP contribution in [0, 0.1) is 12.8 Å². The molecule has 1 aromatic heterocycles. The van der Waals surface area contributed by atoms with Gasteiger partial charge >= 0.3 is 0 Å². The number of nitrogens with zero attached hydrogens (tertiary/aromatic N) is 4. The van der Waals surface area contributed by atoms with Crippen LogP contribution in [0.3, 0.4) is 0 Å². The van der Waals surface area contributed by atoms with E-state index in [0.29, 0.717) is 13.1 Å². The highest BCUT2D eigenvalue weighted by Gasteiger charge is 2.26. The summed E-state index contributed by atoms with van der Waals surface area (Å²) in [4.78, 5) is 17.3. The lowest BCUT2D eigenvalue weighted by Crippen LogP contribution is -2.43. The van der Waals surface area contributed by atoms with E-state index < -0.39 is 0 Å². The first kappa shape index (κ1) is 23.9. The van der Waals surface area contributed by atoms with Gasteiger partial charge in [0.05, 0.1) is 11.6 Å². The summed E-state index contributed by atoms with van der Waals surface area (Å²) >= 11 is 0. The molecule has 4 rings (SSSR count). The minimum Gasteiger partial charge on any atom is -0.356 e. The van der Waals surface area contributed by atoms with E-state index in [1.54, 1.807) is 0 Å². The van der Waals surface area contributed by atoms with E-state index in [2.05, 4.69) is 87.8 Å². The maximum Gasteiger partial charge on any atom is 0.224 e. The van der Waals surface area contributed by atoms with E-state index in [0.717, 1.165) is 56.0 Å². The average Bonchev–Trinajstić information content (AvgIpc) is 2.88. The van der Waals surface area contributed by atoms with Crippen LogP contribution in [0.5, 0.6) is 0 Å². The fourth-order valence-electron chi connectivity index (χ4n) is 4.45. The molecule has 0 spiro atoms. The van der Waals surface area contributed by atoms with Gasteiger partial charge in [0.1, 0.15) is 0 Å². The van der Waals surface area contributed by atoms with E-state index >= 15 is 0 Å². The molecule has 1 aliphatic heterocycles. The van der Waals surface area contributed by atoms with E-state index in [9.17, 15) is 4.79 Å². The Kier molecular flexibility index (Phi) is 8.26. The Balaban J connectivity index is 1.22. The summed E-state index contributed by atoms with van der Waals surface area (Å²) in [6, 6.07) is 22.8. The number of aromatic nitrogens is 2. The summed E-state index contributed by atoms with van der Waals surface area (Å²) in [6.07, 6.45) is 2.85. The van der Waals surface area contributed by atoms with E-state index in [1.165, 1.54) is 11.1 Å². The first-order valence-electron chi connectivity index (χ1n) is 12.2. The Morgan fingerprint density at radius 2 is 1.85 bits per heavy atom. The molecular formula is C28H35N5O. The largest absolute Gasteiger partial charge is 0.356 e. The molecule has 2 aromatic carbocycles. The molecule has 1 unspecified atom stereocenters. The van der Waals surface area contributed by atoms with E-state index in [-0.39, 0.29) is 11.8 Å². The molecule has 3 aromatic rings. The molecule has 6 nitrogen and oxygen atoms in total. The molecule has 0 bridgehead atoms. The van der Waals surface area contributed by atoms with Crippen molar-refractivity contribution >= 4 is 11.7 Å². The SMILES string of the molecule is Cc1ccc(-c2ccc(N3CCCC(C(=O)NCCCN(C)Cc4ccccc4)C3)nn2)cc1. The van der Waals surface area contributed by atoms with Crippen molar-refractivity contribution in [3.63, 3.8) is 0 Å². The quantitative estimate of drug-likeness (QED) is 0.485. The van der Waals surface area contributed by atoms with Crippen LogP contribution < -0.4 is 10.2 Å². The molecule has 0 saturated carbocycles. The number of carbonyl (C=O) groups excluding carboxylic acids is 1. The maximum absolute atomic E-state index is 12.8. The van der Waals surface area contributed by atoms with Crippen LogP contribution in [0.4, 0.5) is 5.82 Å². The molecule has 178 valence electrons. The minimum absolute atomic E-state index is 0.00521. The van der Waals surface area contributed by atoms with Gasteiger partial charge in [-0.3, -0.25) is 4.79 Å². The van der Waals surface area contributed by atoms with Gasteiger partial charge in [0.15, 0.2) is 5.82 Å². The zero-order valence-electron chi connectivity index (χ0n) is 20.3. The second-order valence-electron chi connectivity index (χ2n) is 9.30. The first-order chi connectivity index (χ1) is 16.6. The lowest BCUT2D eigenvalue weighted by molar-refractivity contribution is -0.125. The number of carbonyl (C=O) groups is 1. The third-order valence-electron chi connectivity index (χ3n) is 6.43. The predicted molar refractivity (Wildman–Crippen MR) is 138 cm³/mol.